The number of hydrogen-bond donors (Lipinski definition) is 3. The quantitative estimate of drug-likeness (QED) is 0.0981. The van der Waals surface area contributed by atoms with Crippen LogP contribution in [-0.2, 0) is 42.6 Å². The summed E-state index contributed by atoms with van der Waals surface area (Å²) in [6.07, 6.45) is -0.0538. The van der Waals surface area contributed by atoms with Gasteiger partial charge in [0.1, 0.15) is 18.4 Å². The number of methoxy groups -OCH3 is 1. The number of anilines is 2. The standard InChI is InChI=1S/C40H43N3O8S2/c1-29-13-21-35(22-14-29)52(46,47)42-38-12-8-7-11-37(38)41-33(27-44)26-43(53(48,49)36-23-15-30(2)16-24-36)39(40(45)50-3)25-31-17-19-34(20-18-31)51-28-32-9-5-4-6-10-32/h4-24,33,39,41-42,44H,25-28H2,1-3H3/t33-,39+/m1/s1. The number of nitrogens with zero attached hydrogens (tertiary/aromatic N) is 1. The minimum atomic E-state index is -4.37. The van der Waals surface area contributed by atoms with Crippen molar-refractivity contribution in [3.63, 3.8) is 0 Å². The van der Waals surface area contributed by atoms with Crippen LogP contribution in [0.3, 0.4) is 0 Å². The summed E-state index contributed by atoms with van der Waals surface area (Å²) in [6, 6.07) is 33.4. The fourth-order valence-corrected chi connectivity index (χ4v) is 8.27. The Kier molecular flexibility index (Phi) is 12.9. The predicted molar refractivity (Wildman–Crippen MR) is 205 cm³/mol. The van der Waals surface area contributed by atoms with Crippen molar-refractivity contribution in [2.75, 3.05) is 30.3 Å². The summed E-state index contributed by atoms with van der Waals surface area (Å²) >= 11 is 0. The molecule has 0 aromatic heterocycles. The molecule has 0 unspecified atom stereocenters. The van der Waals surface area contributed by atoms with Gasteiger partial charge in [-0.3, -0.25) is 9.52 Å². The first-order valence-corrected chi connectivity index (χ1v) is 19.8. The van der Waals surface area contributed by atoms with Crippen LogP contribution in [0.25, 0.3) is 0 Å². The first-order valence-electron chi connectivity index (χ1n) is 16.9. The Morgan fingerprint density at radius 2 is 1.28 bits per heavy atom. The number of aliphatic hydroxyl groups is 1. The van der Waals surface area contributed by atoms with Crippen LogP contribution in [0.2, 0.25) is 0 Å². The lowest BCUT2D eigenvalue weighted by atomic mass is 10.1. The highest BCUT2D eigenvalue weighted by Crippen LogP contribution is 2.28. The number of sulfonamides is 2. The number of rotatable bonds is 17. The van der Waals surface area contributed by atoms with Crippen molar-refractivity contribution in [3.05, 3.63) is 150 Å². The Morgan fingerprint density at radius 1 is 0.717 bits per heavy atom. The molecule has 5 aromatic rings. The average molecular weight is 758 g/mol. The van der Waals surface area contributed by atoms with Gasteiger partial charge in [0.05, 0.1) is 40.9 Å². The molecule has 0 aliphatic rings. The normalized spacial score (nSPS) is 12.8. The third-order valence-electron chi connectivity index (χ3n) is 8.53. The molecule has 0 saturated heterocycles. The number of esters is 1. The zero-order chi connectivity index (χ0) is 38.0. The van der Waals surface area contributed by atoms with Gasteiger partial charge in [-0.25, -0.2) is 16.8 Å². The number of ether oxygens (including phenoxy) is 2. The van der Waals surface area contributed by atoms with Crippen molar-refractivity contribution >= 4 is 37.4 Å². The van der Waals surface area contributed by atoms with E-state index in [-0.39, 0.29) is 34.1 Å². The van der Waals surface area contributed by atoms with E-state index in [1.165, 1.54) is 31.4 Å². The number of nitrogens with one attached hydrogen (secondary N) is 2. The molecule has 0 amide bonds. The number of benzene rings is 5. The second-order valence-corrected chi connectivity index (χ2v) is 16.1. The maximum Gasteiger partial charge on any atom is 0.324 e. The van der Waals surface area contributed by atoms with Crippen LogP contribution >= 0.6 is 0 Å². The van der Waals surface area contributed by atoms with E-state index in [0.717, 1.165) is 21.0 Å². The third-order valence-corrected chi connectivity index (χ3v) is 11.8. The Balaban J connectivity index is 1.44. The summed E-state index contributed by atoms with van der Waals surface area (Å²) in [6.45, 7) is 3.09. The summed E-state index contributed by atoms with van der Waals surface area (Å²) in [4.78, 5) is 13.5. The van der Waals surface area contributed by atoms with Gasteiger partial charge in [0.15, 0.2) is 0 Å². The van der Waals surface area contributed by atoms with Crippen LogP contribution < -0.4 is 14.8 Å². The molecule has 0 saturated carbocycles. The third kappa shape index (κ3) is 10.2. The van der Waals surface area contributed by atoms with E-state index in [1.54, 1.807) is 72.8 Å². The Morgan fingerprint density at radius 3 is 1.87 bits per heavy atom. The van der Waals surface area contributed by atoms with Crippen LogP contribution in [-0.4, -0.2) is 64.6 Å². The van der Waals surface area contributed by atoms with Gasteiger partial charge in [-0.05, 0) is 79.9 Å². The Labute approximate surface area is 311 Å². The molecule has 0 radical (unpaired) electrons. The van der Waals surface area contributed by atoms with E-state index in [1.807, 2.05) is 44.2 Å². The summed E-state index contributed by atoms with van der Waals surface area (Å²) in [7, 11) is -7.18. The molecule has 0 heterocycles. The van der Waals surface area contributed by atoms with E-state index < -0.39 is 44.7 Å². The number of aliphatic hydroxyl groups excluding tert-OH is 1. The van der Waals surface area contributed by atoms with Crippen molar-refractivity contribution in [1.82, 2.24) is 4.31 Å². The van der Waals surface area contributed by atoms with Gasteiger partial charge in [-0.1, -0.05) is 90.0 Å². The van der Waals surface area contributed by atoms with Crippen molar-refractivity contribution in [1.29, 1.82) is 0 Å². The first kappa shape index (κ1) is 39.0. The molecule has 13 heteroatoms. The second kappa shape index (κ2) is 17.5. The highest BCUT2D eigenvalue weighted by molar-refractivity contribution is 7.92. The molecule has 3 N–H and O–H groups in total. The van der Waals surface area contributed by atoms with Gasteiger partial charge in [0.2, 0.25) is 10.0 Å². The van der Waals surface area contributed by atoms with Crippen LogP contribution in [0, 0.1) is 13.8 Å². The van der Waals surface area contributed by atoms with Gasteiger partial charge >= 0.3 is 5.97 Å². The van der Waals surface area contributed by atoms with E-state index in [9.17, 15) is 26.7 Å². The van der Waals surface area contributed by atoms with Crippen molar-refractivity contribution in [2.45, 2.75) is 48.7 Å². The molecule has 5 rings (SSSR count). The maximum atomic E-state index is 14.4. The van der Waals surface area contributed by atoms with E-state index in [2.05, 4.69) is 10.0 Å². The number of para-hydroxylation sites is 2. The number of carbonyl (C=O) groups is 1. The smallest absolute Gasteiger partial charge is 0.324 e. The molecule has 5 aromatic carbocycles. The molecule has 11 nitrogen and oxygen atoms in total. The summed E-state index contributed by atoms with van der Waals surface area (Å²) in [5, 5.41) is 13.7. The topological polar surface area (TPSA) is 151 Å². The highest BCUT2D eigenvalue weighted by atomic mass is 32.2. The molecular weight excluding hydrogens is 715 g/mol. The Bertz CT molecular complexity index is 2180. The van der Waals surface area contributed by atoms with Crippen LogP contribution in [0.1, 0.15) is 22.3 Å². The predicted octanol–water partition coefficient (Wildman–Crippen LogP) is 5.93. The van der Waals surface area contributed by atoms with E-state index in [0.29, 0.717) is 17.9 Å². The van der Waals surface area contributed by atoms with Crippen molar-refractivity contribution in [2.24, 2.45) is 0 Å². The minimum Gasteiger partial charge on any atom is -0.489 e. The molecule has 0 aliphatic carbocycles. The van der Waals surface area contributed by atoms with Crippen LogP contribution in [0.5, 0.6) is 5.75 Å². The lowest BCUT2D eigenvalue weighted by molar-refractivity contribution is -0.145. The largest absolute Gasteiger partial charge is 0.489 e. The number of hydrogen-bond acceptors (Lipinski definition) is 9. The van der Waals surface area contributed by atoms with Gasteiger partial charge in [0, 0.05) is 6.54 Å². The molecule has 2 atom stereocenters. The molecule has 53 heavy (non-hydrogen) atoms. The molecule has 0 fully saturated rings. The van der Waals surface area contributed by atoms with Gasteiger partial charge in [0.25, 0.3) is 10.0 Å². The fourth-order valence-electron chi connectivity index (χ4n) is 5.57. The van der Waals surface area contributed by atoms with E-state index in [4.69, 9.17) is 9.47 Å². The van der Waals surface area contributed by atoms with E-state index >= 15 is 0 Å². The molecule has 0 aliphatic heterocycles. The lowest BCUT2D eigenvalue weighted by Gasteiger charge is -2.32. The number of aryl methyl sites for hydroxylation is 2. The summed E-state index contributed by atoms with van der Waals surface area (Å²) < 4.78 is 70.0. The average Bonchev–Trinajstić information content (AvgIpc) is 3.16. The minimum absolute atomic E-state index is 0.0513. The lowest BCUT2D eigenvalue weighted by Crippen LogP contribution is -2.51. The van der Waals surface area contributed by atoms with Gasteiger partial charge in [-0.15, -0.1) is 0 Å². The van der Waals surface area contributed by atoms with Crippen LogP contribution in [0.4, 0.5) is 11.4 Å². The van der Waals surface area contributed by atoms with Crippen molar-refractivity contribution in [3.8, 4) is 5.75 Å². The zero-order valence-electron chi connectivity index (χ0n) is 29.7. The highest BCUT2D eigenvalue weighted by Gasteiger charge is 2.38. The summed E-state index contributed by atoms with van der Waals surface area (Å²) in [5.74, 6) is -0.203. The SMILES string of the molecule is COC(=O)[C@H](Cc1ccc(OCc2ccccc2)cc1)N(C[C@H](CO)Nc1ccccc1NS(=O)(=O)c1ccc(C)cc1)S(=O)(=O)c1ccc(C)cc1. The van der Waals surface area contributed by atoms with Crippen LogP contribution in [0.15, 0.2) is 137 Å². The Hall–Kier alpha value is -5.21. The zero-order valence-corrected chi connectivity index (χ0v) is 31.3. The van der Waals surface area contributed by atoms with Gasteiger partial charge in [-0.2, -0.15) is 4.31 Å². The molecule has 0 bridgehead atoms. The molecule has 278 valence electrons. The van der Waals surface area contributed by atoms with Crippen molar-refractivity contribution < 1.29 is 36.2 Å². The second-order valence-electron chi connectivity index (χ2n) is 12.5. The number of carbonyl (C=O) groups excluding carboxylic acids is 1. The molecular formula is C40H43N3O8S2. The maximum absolute atomic E-state index is 14.4. The summed E-state index contributed by atoms with van der Waals surface area (Å²) in [5.41, 5.74) is 3.85. The molecule has 0 spiro atoms. The monoisotopic (exact) mass is 757 g/mol. The fraction of sp³-hybridized carbons (Fsp3) is 0.225. The first-order chi connectivity index (χ1) is 25.4. The van der Waals surface area contributed by atoms with Gasteiger partial charge < -0.3 is 19.9 Å².